The fourth-order valence-electron chi connectivity index (χ4n) is 2.38. The van der Waals surface area contributed by atoms with Crippen molar-refractivity contribution in [1.82, 2.24) is 10.3 Å². The van der Waals surface area contributed by atoms with Crippen molar-refractivity contribution in [2.75, 3.05) is 0 Å². The molecule has 5 nitrogen and oxygen atoms in total. The highest BCUT2D eigenvalue weighted by molar-refractivity contribution is 7.19. The molecule has 7 heteroatoms. The molecule has 0 aliphatic carbocycles. The number of benzene rings is 1. The number of halogens is 1. The van der Waals surface area contributed by atoms with Crippen LogP contribution in [0.5, 0.6) is 5.75 Å². The number of amides is 1. The third-order valence-corrected chi connectivity index (χ3v) is 5.03. The zero-order valence-corrected chi connectivity index (χ0v) is 13.7. The molecular weight excluding hydrogens is 331 g/mol. The van der Waals surface area contributed by atoms with Crippen LogP contribution in [0.2, 0.25) is 0 Å². The van der Waals surface area contributed by atoms with E-state index in [0.29, 0.717) is 15.1 Å². The van der Waals surface area contributed by atoms with Crippen molar-refractivity contribution in [3.05, 3.63) is 57.8 Å². The van der Waals surface area contributed by atoms with Gasteiger partial charge in [-0.3, -0.25) is 9.78 Å². The molecule has 124 valence electrons. The van der Waals surface area contributed by atoms with Gasteiger partial charge in [0.25, 0.3) is 5.91 Å². The van der Waals surface area contributed by atoms with E-state index in [4.69, 9.17) is 0 Å². The summed E-state index contributed by atoms with van der Waals surface area (Å²) in [6.07, 6.45) is 1.32. The largest absolute Gasteiger partial charge is 0.505 e. The summed E-state index contributed by atoms with van der Waals surface area (Å²) >= 11 is 1.21. The van der Waals surface area contributed by atoms with Crippen molar-refractivity contribution >= 4 is 27.5 Å². The number of hydrogen-bond acceptors (Lipinski definition) is 5. The van der Waals surface area contributed by atoms with Crippen LogP contribution in [-0.2, 0) is 13.2 Å². The first-order valence-corrected chi connectivity index (χ1v) is 8.06. The van der Waals surface area contributed by atoms with Crippen LogP contribution in [0.4, 0.5) is 4.39 Å². The molecule has 2 aromatic heterocycles. The van der Waals surface area contributed by atoms with Crippen molar-refractivity contribution in [3.63, 3.8) is 0 Å². The van der Waals surface area contributed by atoms with Gasteiger partial charge in [-0.1, -0.05) is 12.1 Å². The smallest absolute Gasteiger partial charge is 0.256 e. The fourth-order valence-corrected chi connectivity index (χ4v) is 3.45. The highest BCUT2D eigenvalue weighted by atomic mass is 32.1. The Morgan fingerprint density at radius 2 is 2.04 bits per heavy atom. The number of hydrogen-bond donors (Lipinski definition) is 3. The maximum Gasteiger partial charge on any atom is 0.256 e. The molecule has 0 spiro atoms. The molecule has 0 unspecified atom stereocenters. The fraction of sp³-hybridized carbons (Fsp3) is 0.176. The molecule has 0 saturated carbocycles. The maximum atomic E-state index is 12.9. The number of carbonyl (C=O) groups is 1. The van der Waals surface area contributed by atoms with Gasteiger partial charge in [0.2, 0.25) is 0 Å². The molecule has 0 saturated heterocycles. The van der Waals surface area contributed by atoms with Crippen LogP contribution in [0.3, 0.4) is 0 Å². The predicted molar refractivity (Wildman–Crippen MR) is 89.5 cm³/mol. The van der Waals surface area contributed by atoms with Gasteiger partial charge in [0.05, 0.1) is 16.8 Å². The van der Waals surface area contributed by atoms with Crippen LogP contribution in [0.15, 0.2) is 30.5 Å². The summed E-state index contributed by atoms with van der Waals surface area (Å²) in [4.78, 5) is 17.2. The summed E-state index contributed by atoms with van der Waals surface area (Å²) in [5, 5.41) is 22.3. The van der Waals surface area contributed by atoms with E-state index in [1.807, 2.05) is 6.92 Å². The number of aliphatic hydroxyl groups excluding tert-OH is 1. The lowest BCUT2D eigenvalue weighted by molar-refractivity contribution is 0.0948. The Labute approximate surface area is 141 Å². The monoisotopic (exact) mass is 346 g/mol. The van der Waals surface area contributed by atoms with Gasteiger partial charge in [0.1, 0.15) is 17.1 Å². The summed E-state index contributed by atoms with van der Waals surface area (Å²) in [5.74, 6) is -0.961. The minimum absolute atomic E-state index is 0.0651. The van der Waals surface area contributed by atoms with E-state index in [0.717, 1.165) is 11.1 Å². The third-order valence-electron chi connectivity index (χ3n) is 3.76. The summed E-state index contributed by atoms with van der Waals surface area (Å²) in [6.45, 7) is 1.88. The topological polar surface area (TPSA) is 82.5 Å². The van der Waals surface area contributed by atoms with Gasteiger partial charge in [-0.25, -0.2) is 4.39 Å². The van der Waals surface area contributed by atoms with E-state index in [9.17, 15) is 19.4 Å². The summed E-state index contributed by atoms with van der Waals surface area (Å²) in [7, 11) is 0. The zero-order valence-electron chi connectivity index (χ0n) is 12.8. The molecule has 1 aromatic carbocycles. The standard InChI is InChI=1S/C17H15FN2O3S/c1-9-13(8-21)24-16-14(9)19-7-12(15(16)22)17(23)20-6-10-2-4-11(18)5-3-10/h2-5,7,21H,6,8H2,1H3,(H,19,22)(H,20,23). The number of nitrogens with one attached hydrogen (secondary N) is 1. The summed E-state index contributed by atoms with van der Waals surface area (Å²) in [6, 6.07) is 5.79. The predicted octanol–water partition coefficient (Wildman–Crippen LogP) is 2.87. The lowest BCUT2D eigenvalue weighted by atomic mass is 10.1. The van der Waals surface area contributed by atoms with Gasteiger partial charge in [0, 0.05) is 17.6 Å². The van der Waals surface area contributed by atoms with Crippen LogP contribution in [0.25, 0.3) is 10.2 Å². The first-order chi connectivity index (χ1) is 11.5. The molecule has 0 fully saturated rings. The minimum atomic E-state index is -0.470. The minimum Gasteiger partial charge on any atom is -0.505 e. The number of aryl methyl sites for hydroxylation is 1. The van der Waals surface area contributed by atoms with Gasteiger partial charge in [-0.15, -0.1) is 11.3 Å². The first kappa shape index (κ1) is 16.4. The Balaban J connectivity index is 1.84. The number of aromatic nitrogens is 1. The Hall–Kier alpha value is -2.51. The summed E-state index contributed by atoms with van der Waals surface area (Å²) < 4.78 is 13.3. The van der Waals surface area contributed by atoms with E-state index in [2.05, 4.69) is 10.3 Å². The lowest BCUT2D eigenvalue weighted by Crippen LogP contribution is -2.23. The molecular formula is C17H15FN2O3S. The third kappa shape index (κ3) is 2.95. The second-order valence-electron chi connectivity index (χ2n) is 5.32. The van der Waals surface area contributed by atoms with Crippen molar-refractivity contribution in [1.29, 1.82) is 0 Å². The average molecular weight is 346 g/mol. The van der Waals surface area contributed by atoms with Gasteiger partial charge in [-0.05, 0) is 30.2 Å². The zero-order chi connectivity index (χ0) is 17.3. The van der Waals surface area contributed by atoms with Crippen molar-refractivity contribution in [3.8, 4) is 5.75 Å². The van der Waals surface area contributed by atoms with E-state index in [1.54, 1.807) is 12.1 Å². The van der Waals surface area contributed by atoms with Crippen molar-refractivity contribution in [2.24, 2.45) is 0 Å². The molecule has 2 heterocycles. The van der Waals surface area contributed by atoms with Crippen LogP contribution in [-0.4, -0.2) is 21.1 Å². The molecule has 0 aliphatic heterocycles. The Kier molecular flexibility index (Phi) is 4.46. The molecule has 3 aromatic rings. The highest BCUT2D eigenvalue weighted by Gasteiger charge is 2.19. The highest BCUT2D eigenvalue weighted by Crippen LogP contribution is 2.37. The van der Waals surface area contributed by atoms with Crippen LogP contribution in [0, 0.1) is 12.7 Å². The van der Waals surface area contributed by atoms with Crippen LogP contribution in [0.1, 0.15) is 26.4 Å². The molecule has 0 bridgehead atoms. The molecule has 0 aliphatic rings. The lowest BCUT2D eigenvalue weighted by Gasteiger charge is -2.07. The molecule has 0 radical (unpaired) electrons. The van der Waals surface area contributed by atoms with Gasteiger partial charge >= 0.3 is 0 Å². The second kappa shape index (κ2) is 6.54. The molecule has 1 amide bonds. The number of fused-ring (bicyclic) bond motifs is 1. The maximum absolute atomic E-state index is 12.9. The summed E-state index contributed by atoms with van der Waals surface area (Å²) in [5.41, 5.74) is 2.19. The van der Waals surface area contributed by atoms with Gasteiger partial charge < -0.3 is 15.5 Å². The number of aliphatic hydroxyl groups is 1. The Bertz CT molecular complexity index is 906. The van der Waals surface area contributed by atoms with E-state index < -0.39 is 5.91 Å². The molecule has 0 atom stereocenters. The van der Waals surface area contributed by atoms with E-state index in [1.165, 1.54) is 29.7 Å². The number of rotatable bonds is 4. The number of carbonyl (C=O) groups excluding carboxylic acids is 1. The van der Waals surface area contributed by atoms with E-state index in [-0.39, 0.29) is 30.3 Å². The van der Waals surface area contributed by atoms with Crippen LogP contribution >= 0.6 is 11.3 Å². The number of nitrogens with zero attached hydrogens (tertiary/aromatic N) is 1. The number of aromatic hydroxyl groups is 1. The molecule has 3 rings (SSSR count). The number of thiophene rings is 1. The Morgan fingerprint density at radius 3 is 2.71 bits per heavy atom. The van der Waals surface area contributed by atoms with Crippen molar-refractivity contribution in [2.45, 2.75) is 20.1 Å². The Morgan fingerprint density at radius 1 is 1.33 bits per heavy atom. The normalized spacial score (nSPS) is 11.0. The number of pyridine rings is 1. The molecule has 3 N–H and O–H groups in total. The van der Waals surface area contributed by atoms with E-state index >= 15 is 0 Å². The van der Waals surface area contributed by atoms with Crippen molar-refractivity contribution < 1.29 is 19.4 Å². The second-order valence-corrected chi connectivity index (χ2v) is 6.42. The van der Waals surface area contributed by atoms with Gasteiger partial charge in [0.15, 0.2) is 0 Å². The molecule has 24 heavy (non-hydrogen) atoms. The SMILES string of the molecule is Cc1c(CO)sc2c(O)c(C(=O)NCc3ccc(F)cc3)cnc12. The van der Waals surface area contributed by atoms with Crippen LogP contribution < -0.4 is 5.32 Å². The van der Waals surface area contributed by atoms with Gasteiger partial charge in [-0.2, -0.15) is 0 Å². The quantitative estimate of drug-likeness (QED) is 0.678. The average Bonchev–Trinajstić information content (AvgIpc) is 2.91. The first-order valence-electron chi connectivity index (χ1n) is 7.24.